The first kappa shape index (κ1) is 17.8. The van der Waals surface area contributed by atoms with Crippen LogP contribution >= 0.6 is 0 Å². The summed E-state index contributed by atoms with van der Waals surface area (Å²) >= 11 is 0. The fraction of sp³-hybridized carbons (Fsp3) is 0.250. The van der Waals surface area contributed by atoms with E-state index >= 15 is 0 Å². The quantitative estimate of drug-likeness (QED) is 0.703. The van der Waals surface area contributed by atoms with Crippen LogP contribution in [0.4, 0.5) is 5.82 Å². The van der Waals surface area contributed by atoms with E-state index in [0.717, 1.165) is 17.7 Å². The van der Waals surface area contributed by atoms with Crippen molar-refractivity contribution in [2.75, 3.05) is 11.4 Å². The SMILES string of the molecule is N#Cc1ccc(Cn2cncc2CNC2CCN(c3cnccn3)C2=O)cc1. The third-order valence-electron chi connectivity index (χ3n) is 4.80. The van der Waals surface area contributed by atoms with Gasteiger partial charge in [-0.05, 0) is 24.1 Å². The van der Waals surface area contributed by atoms with Gasteiger partial charge in [-0.3, -0.25) is 14.7 Å². The maximum absolute atomic E-state index is 12.6. The molecule has 0 saturated carbocycles. The molecule has 3 heterocycles. The van der Waals surface area contributed by atoms with E-state index in [0.29, 0.717) is 31.0 Å². The van der Waals surface area contributed by atoms with E-state index < -0.39 is 0 Å². The van der Waals surface area contributed by atoms with E-state index in [2.05, 4.69) is 26.3 Å². The van der Waals surface area contributed by atoms with Gasteiger partial charge in [0.05, 0.1) is 35.9 Å². The molecule has 0 spiro atoms. The summed E-state index contributed by atoms with van der Waals surface area (Å²) in [7, 11) is 0. The van der Waals surface area contributed by atoms with Gasteiger partial charge in [0, 0.05) is 38.2 Å². The highest BCUT2D eigenvalue weighted by atomic mass is 16.2. The first-order chi connectivity index (χ1) is 13.7. The molecule has 2 aromatic heterocycles. The Balaban J connectivity index is 1.38. The van der Waals surface area contributed by atoms with Crippen LogP contribution in [0.25, 0.3) is 0 Å². The van der Waals surface area contributed by atoms with Crippen molar-refractivity contribution in [3.05, 3.63) is 72.2 Å². The lowest BCUT2D eigenvalue weighted by Gasteiger charge is -2.16. The first-order valence-electron chi connectivity index (χ1n) is 9.03. The molecule has 8 nitrogen and oxygen atoms in total. The van der Waals surface area contributed by atoms with E-state index in [1.807, 2.05) is 28.8 Å². The van der Waals surface area contributed by atoms with Gasteiger partial charge in [0.2, 0.25) is 5.91 Å². The Kier molecular flexibility index (Phi) is 5.08. The molecule has 1 N–H and O–H groups in total. The predicted octanol–water partition coefficient (Wildman–Crippen LogP) is 1.49. The van der Waals surface area contributed by atoms with Crippen molar-refractivity contribution >= 4 is 11.7 Å². The zero-order chi connectivity index (χ0) is 19.3. The average Bonchev–Trinajstić information content (AvgIpc) is 3.33. The average molecular weight is 373 g/mol. The maximum Gasteiger partial charge on any atom is 0.245 e. The van der Waals surface area contributed by atoms with Crippen LogP contribution in [0, 0.1) is 11.3 Å². The fourth-order valence-corrected chi connectivity index (χ4v) is 3.27. The van der Waals surface area contributed by atoms with Crippen LogP contribution in [0.2, 0.25) is 0 Å². The normalized spacial score (nSPS) is 16.3. The highest BCUT2D eigenvalue weighted by molar-refractivity contribution is 5.98. The van der Waals surface area contributed by atoms with Crippen molar-refractivity contribution in [2.24, 2.45) is 0 Å². The van der Waals surface area contributed by atoms with Gasteiger partial charge < -0.3 is 9.88 Å². The lowest BCUT2D eigenvalue weighted by atomic mass is 10.1. The second kappa shape index (κ2) is 7.98. The van der Waals surface area contributed by atoms with Crippen LogP contribution in [0.5, 0.6) is 0 Å². The third kappa shape index (κ3) is 3.75. The largest absolute Gasteiger partial charge is 0.329 e. The fourth-order valence-electron chi connectivity index (χ4n) is 3.27. The number of amides is 1. The van der Waals surface area contributed by atoms with Crippen molar-refractivity contribution in [3.8, 4) is 6.07 Å². The number of rotatable bonds is 6. The maximum atomic E-state index is 12.6. The summed E-state index contributed by atoms with van der Waals surface area (Å²) < 4.78 is 2.04. The summed E-state index contributed by atoms with van der Waals surface area (Å²) in [5.74, 6) is 0.598. The number of nitriles is 1. The molecule has 0 bridgehead atoms. The summed E-state index contributed by atoms with van der Waals surface area (Å²) in [5, 5.41) is 12.2. The second-order valence-corrected chi connectivity index (χ2v) is 6.60. The minimum absolute atomic E-state index is 0.0126. The molecule has 0 radical (unpaired) electrons. The zero-order valence-electron chi connectivity index (χ0n) is 15.2. The minimum atomic E-state index is -0.250. The molecule has 1 atom stereocenters. The summed E-state index contributed by atoms with van der Waals surface area (Å²) in [6.45, 7) is 1.83. The molecular formula is C20H19N7O. The van der Waals surface area contributed by atoms with Crippen molar-refractivity contribution in [1.82, 2.24) is 24.8 Å². The van der Waals surface area contributed by atoms with Gasteiger partial charge >= 0.3 is 0 Å². The Morgan fingerprint density at radius 2 is 2.04 bits per heavy atom. The summed E-state index contributed by atoms with van der Waals surface area (Å²) in [6, 6.07) is 9.37. The van der Waals surface area contributed by atoms with E-state index in [-0.39, 0.29) is 11.9 Å². The van der Waals surface area contributed by atoms with Crippen LogP contribution in [0.3, 0.4) is 0 Å². The molecule has 1 saturated heterocycles. The monoisotopic (exact) mass is 373 g/mol. The molecule has 1 aliphatic heterocycles. The Bertz CT molecular complexity index is 991. The highest BCUT2D eigenvalue weighted by Crippen LogP contribution is 2.18. The highest BCUT2D eigenvalue weighted by Gasteiger charge is 2.33. The number of benzene rings is 1. The number of nitrogens with one attached hydrogen (secondary N) is 1. The number of imidazole rings is 1. The van der Waals surface area contributed by atoms with Crippen LogP contribution in [-0.4, -0.2) is 38.0 Å². The van der Waals surface area contributed by atoms with E-state index in [1.165, 1.54) is 0 Å². The van der Waals surface area contributed by atoms with Gasteiger partial charge in [-0.1, -0.05) is 12.1 Å². The van der Waals surface area contributed by atoms with E-state index in [4.69, 9.17) is 5.26 Å². The van der Waals surface area contributed by atoms with Crippen LogP contribution in [0.15, 0.2) is 55.4 Å². The van der Waals surface area contributed by atoms with Gasteiger partial charge in [0.15, 0.2) is 5.82 Å². The Morgan fingerprint density at radius 1 is 1.18 bits per heavy atom. The van der Waals surface area contributed by atoms with Gasteiger partial charge in [0.25, 0.3) is 0 Å². The molecule has 1 amide bonds. The lowest BCUT2D eigenvalue weighted by Crippen LogP contribution is -2.38. The predicted molar refractivity (Wildman–Crippen MR) is 102 cm³/mol. The van der Waals surface area contributed by atoms with Crippen molar-refractivity contribution in [3.63, 3.8) is 0 Å². The number of aromatic nitrogens is 4. The molecule has 4 rings (SSSR count). The zero-order valence-corrected chi connectivity index (χ0v) is 15.2. The molecule has 1 fully saturated rings. The Labute approximate surface area is 162 Å². The third-order valence-corrected chi connectivity index (χ3v) is 4.80. The molecule has 1 aliphatic rings. The summed E-state index contributed by atoms with van der Waals surface area (Å²) in [5.41, 5.74) is 2.72. The summed E-state index contributed by atoms with van der Waals surface area (Å²) in [4.78, 5) is 26.8. The number of carbonyl (C=O) groups excluding carboxylic acids is 1. The molecule has 3 aromatic rings. The van der Waals surface area contributed by atoms with E-state index in [1.54, 1.807) is 36.0 Å². The van der Waals surface area contributed by atoms with Crippen molar-refractivity contribution < 1.29 is 4.79 Å². The number of carbonyl (C=O) groups is 1. The smallest absolute Gasteiger partial charge is 0.245 e. The minimum Gasteiger partial charge on any atom is -0.329 e. The molecular weight excluding hydrogens is 354 g/mol. The standard InChI is InChI=1S/C20H19N7O/c21-9-15-1-3-16(4-2-15)13-26-14-23-10-17(26)11-25-18-5-8-27(20(18)28)19-12-22-6-7-24-19/h1-4,6-7,10,12,14,18,25H,5,8,11,13H2. The van der Waals surface area contributed by atoms with E-state index in [9.17, 15) is 4.79 Å². The van der Waals surface area contributed by atoms with Gasteiger partial charge in [-0.2, -0.15) is 5.26 Å². The van der Waals surface area contributed by atoms with Crippen LogP contribution in [-0.2, 0) is 17.9 Å². The molecule has 0 aliphatic carbocycles. The molecule has 1 unspecified atom stereocenters. The van der Waals surface area contributed by atoms with Gasteiger partial charge in [-0.15, -0.1) is 0 Å². The topological polar surface area (TPSA) is 99.7 Å². The Morgan fingerprint density at radius 3 is 2.79 bits per heavy atom. The van der Waals surface area contributed by atoms with Crippen LogP contribution < -0.4 is 10.2 Å². The number of nitrogens with zero attached hydrogens (tertiary/aromatic N) is 6. The molecule has 1 aromatic carbocycles. The van der Waals surface area contributed by atoms with Gasteiger partial charge in [-0.25, -0.2) is 9.97 Å². The van der Waals surface area contributed by atoms with Crippen molar-refractivity contribution in [2.45, 2.75) is 25.6 Å². The molecule has 8 heteroatoms. The second-order valence-electron chi connectivity index (χ2n) is 6.60. The molecule has 140 valence electrons. The molecule has 28 heavy (non-hydrogen) atoms. The Hall–Kier alpha value is -3.57. The van der Waals surface area contributed by atoms with Gasteiger partial charge in [0.1, 0.15) is 0 Å². The summed E-state index contributed by atoms with van der Waals surface area (Å²) in [6.07, 6.45) is 9.08. The number of hydrogen-bond donors (Lipinski definition) is 1. The van der Waals surface area contributed by atoms with Crippen LogP contribution in [0.1, 0.15) is 23.2 Å². The number of hydrogen-bond acceptors (Lipinski definition) is 6. The lowest BCUT2D eigenvalue weighted by molar-refractivity contribution is -0.118. The van der Waals surface area contributed by atoms with Crippen molar-refractivity contribution in [1.29, 1.82) is 5.26 Å². The number of anilines is 1. The first-order valence-corrected chi connectivity index (χ1v) is 9.03.